The van der Waals surface area contributed by atoms with Crippen molar-refractivity contribution in [3.63, 3.8) is 0 Å². The number of hydrogen-bond acceptors (Lipinski definition) is 4. The number of hydrogen-bond donors (Lipinski definition) is 0. The molecule has 0 N–H and O–H groups in total. The second-order valence-corrected chi connectivity index (χ2v) is 7.10. The van der Waals surface area contributed by atoms with Crippen LogP contribution in [-0.4, -0.2) is 25.8 Å². The minimum Gasteiger partial charge on any atom is -0.493 e. The summed E-state index contributed by atoms with van der Waals surface area (Å²) in [5, 5.41) is 5.88. The standard InChI is InChI=1S/C20H19IN2O3/c1-12-6-5-7-15(8-12)23-20(24)16(13(2)22-23)9-14-10-17(21)19(26-4)18(11-14)25-3/h5-11H,1-4H3/b16-9-. The average molecular weight is 462 g/mol. The lowest BCUT2D eigenvalue weighted by atomic mass is 10.1. The molecular weight excluding hydrogens is 443 g/mol. The molecule has 0 fully saturated rings. The molecule has 1 aliphatic rings. The summed E-state index contributed by atoms with van der Waals surface area (Å²) in [5.74, 6) is 1.17. The van der Waals surface area contributed by atoms with Crippen LogP contribution in [0.5, 0.6) is 11.5 Å². The van der Waals surface area contributed by atoms with E-state index in [1.165, 1.54) is 5.01 Å². The summed E-state index contributed by atoms with van der Waals surface area (Å²) in [5.41, 5.74) is 3.95. The molecular formula is C20H19IN2O3. The number of nitrogens with zero attached hydrogens (tertiary/aromatic N) is 2. The lowest BCUT2D eigenvalue weighted by Crippen LogP contribution is -2.21. The fourth-order valence-corrected chi connectivity index (χ4v) is 3.65. The lowest BCUT2D eigenvalue weighted by Gasteiger charge is -2.12. The van der Waals surface area contributed by atoms with E-state index in [1.54, 1.807) is 14.2 Å². The molecule has 134 valence electrons. The van der Waals surface area contributed by atoms with Crippen LogP contribution < -0.4 is 14.5 Å². The van der Waals surface area contributed by atoms with Gasteiger partial charge in [0, 0.05) is 0 Å². The summed E-state index contributed by atoms with van der Waals surface area (Å²) in [6.45, 7) is 3.83. The van der Waals surface area contributed by atoms with Gasteiger partial charge in [-0.25, -0.2) is 0 Å². The molecule has 2 aromatic carbocycles. The minimum atomic E-state index is -0.141. The molecule has 0 aliphatic carbocycles. The first-order valence-corrected chi connectivity index (χ1v) is 9.12. The molecule has 0 unspecified atom stereocenters. The van der Waals surface area contributed by atoms with Crippen LogP contribution in [0.2, 0.25) is 0 Å². The Morgan fingerprint density at radius 2 is 1.88 bits per heavy atom. The summed E-state index contributed by atoms with van der Waals surface area (Å²) < 4.78 is 11.7. The molecule has 0 aromatic heterocycles. The number of halogens is 1. The first-order valence-electron chi connectivity index (χ1n) is 8.04. The summed E-state index contributed by atoms with van der Waals surface area (Å²) in [7, 11) is 3.20. The fourth-order valence-electron chi connectivity index (χ4n) is 2.81. The Morgan fingerprint density at radius 3 is 2.54 bits per heavy atom. The number of methoxy groups -OCH3 is 2. The largest absolute Gasteiger partial charge is 0.493 e. The highest BCUT2D eigenvalue weighted by atomic mass is 127. The maximum Gasteiger partial charge on any atom is 0.280 e. The Balaban J connectivity index is 1.99. The van der Waals surface area contributed by atoms with Gasteiger partial charge in [-0.1, -0.05) is 12.1 Å². The predicted octanol–water partition coefficient (Wildman–Crippen LogP) is 4.42. The van der Waals surface area contributed by atoms with Crippen molar-refractivity contribution < 1.29 is 14.3 Å². The van der Waals surface area contributed by atoms with Gasteiger partial charge in [0.1, 0.15) is 0 Å². The zero-order valence-electron chi connectivity index (χ0n) is 15.0. The molecule has 5 nitrogen and oxygen atoms in total. The molecule has 0 atom stereocenters. The van der Waals surface area contributed by atoms with Gasteiger partial charge in [0.2, 0.25) is 0 Å². The van der Waals surface area contributed by atoms with Crippen LogP contribution in [-0.2, 0) is 4.79 Å². The zero-order chi connectivity index (χ0) is 18.8. The number of carbonyl (C=O) groups is 1. The molecule has 26 heavy (non-hydrogen) atoms. The topological polar surface area (TPSA) is 51.1 Å². The van der Waals surface area contributed by atoms with Gasteiger partial charge in [-0.15, -0.1) is 0 Å². The third-order valence-corrected chi connectivity index (χ3v) is 4.88. The van der Waals surface area contributed by atoms with Crippen molar-refractivity contribution in [2.45, 2.75) is 13.8 Å². The number of ether oxygens (including phenoxy) is 2. The zero-order valence-corrected chi connectivity index (χ0v) is 17.2. The highest BCUT2D eigenvalue weighted by Crippen LogP contribution is 2.35. The van der Waals surface area contributed by atoms with E-state index in [2.05, 4.69) is 27.7 Å². The Bertz CT molecular complexity index is 935. The number of anilines is 1. The SMILES string of the molecule is COc1cc(/C=C2\C(=O)N(c3cccc(C)c3)N=C2C)cc(I)c1OC. The highest BCUT2D eigenvalue weighted by molar-refractivity contribution is 14.1. The Kier molecular flexibility index (Phi) is 5.31. The summed E-state index contributed by atoms with van der Waals surface area (Å²) in [4.78, 5) is 12.9. The second-order valence-electron chi connectivity index (χ2n) is 5.94. The molecule has 0 spiro atoms. The van der Waals surface area contributed by atoms with Crippen LogP contribution in [0.15, 0.2) is 47.1 Å². The number of rotatable bonds is 4. The van der Waals surface area contributed by atoms with Crippen molar-refractivity contribution in [2.75, 3.05) is 19.2 Å². The summed E-state index contributed by atoms with van der Waals surface area (Å²) in [6, 6.07) is 11.5. The fraction of sp³-hybridized carbons (Fsp3) is 0.200. The molecule has 0 bridgehead atoms. The van der Waals surface area contributed by atoms with Gasteiger partial charge in [-0.3, -0.25) is 4.79 Å². The van der Waals surface area contributed by atoms with Crippen LogP contribution in [0.25, 0.3) is 6.08 Å². The van der Waals surface area contributed by atoms with Gasteiger partial charge in [-0.05, 0) is 77.9 Å². The van der Waals surface area contributed by atoms with Crippen molar-refractivity contribution in [2.24, 2.45) is 5.10 Å². The molecule has 0 saturated carbocycles. The number of hydrazone groups is 1. The van der Waals surface area contributed by atoms with Crippen LogP contribution in [0.3, 0.4) is 0 Å². The van der Waals surface area contributed by atoms with Crippen LogP contribution in [0.4, 0.5) is 5.69 Å². The first-order chi connectivity index (χ1) is 12.4. The maximum atomic E-state index is 12.9. The molecule has 0 radical (unpaired) electrons. The summed E-state index contributed by atoms with van der Waals surface area (Å²) in [6.07, 6.45) is 1.83. The normalized spacial score (nSPS) is 15.4. The van der Waals surface area contributed by atoms with Gasteiger partial charge in [0.25, 0.3) is 5.91 Å². The number of carbonyl (C=O) groups excluding carboxylic acids is 1. The van der Waals surface area contributed by atoms with Crippen molar-refractivity contribution >= 4 is 46.0 Å². The van der Waals surface area contributed by atoms with Crippen molar-refractivity contribution in [3.8, 4) is 11.5 Å². The van der Waals surface area contributed by atoms with Crippen molar-refractivity contribution in [1.82, 2.24) is 0 Å². The van der Waals surface area contributed by atoms with Gasteiger partial charge < -0.3 is 9.47 Å². The maximum absolute atomic E-state index is 12.9. The van der Waals surface area contributed by atoms with E-state index in [0.29, 0.717) is 22.8 Å². The molecule has 1 amide bonds. The third kappa shape index (κ3) is 3.46. The van der Waals surface area contributed by atoms with Gasteiger partial charge >= 0.3 is 0 Å². The van der Waals surface area contributed by atoms with Crippen molar-refractivity contribution in [1.29, 1.82) is 0 Å². The predicted molar refractivity (Wildman–Crippen MR) is 112 cm³/mol. The molecule has 3 rings (SSSR count). The first kappa shape index (κ1) is 18.4. The smallest absolute Gasteiger partial charge is 0.280 e. The van der Waals surface area contributed by atoms with E-state index in [9.17, 15) is 4.79 Å². The highest BCUT2D eigenvalue weighted by Gasteiger charge is 2.28. The van der Waals surface area contributed by atoms with E-state index in [0.717, 1.165) is 20.4 Å². The quantitative estimate of drug-likeness (QED) is 0.500. The Morgan fingerprint density at radius 1 is 1.12 bits per heavy atom. The Labute approximate surface area is 166 Å². The lowest BCUT2D eigenvalue weighted by molar-refractivity contribution is -0.114. The van der Waals surface area contributed by atoms with E-state index < -0.39 is 0 Å². The minimum absolute atomic E-state index is 0.141. The number of amides is 1. The van der Waals surface area contributed by atoms with Gasteiger partial charge in [0.15, 0.2) is 11.5 Å². The van der Waals surface area contributed by atoms with Gasteiger partial charge in [-0.2, -0.15) is 10.1 Å². The van der Waals surface area contributed by atoms with E-state index in [1.807, 2.05) is 56.3 Å². The monoisotopic (exact) mass is 462 g/mol. The Hall–Kier alpha value is -2.35. The summed E-state index contributed by atoms with van der Waals surface area (Å²) >= 11 is 2.19. The van der Waals surface area contributed by atoms with E-state index in [-0.39, 0.29) is 5.91 Å². The number of aryl methyl sites for hydroxylation is 1. The van der Waals surface area contributed by atoms with Crippen molar-refractivity contribution in [3.05, 3.63) is 56.7 Å². The second kappa shape index (κ2) is 7.49. The third-order valence-electron chi connectivity index (χ3n) is 4.08. The van der Waals surface area contributed by atoms with Gasteiger partial charge in [0.05, 0.1) is 34.8 Å². The molecule has 2 aromatic rings. The number of benzene rings is 2. The van der Waals surface area contributed by atoms with E-state index >= 15 is 0 Å². The molecule has 6 heteroatoms. The molecule has 0 saturated heterocycles. The van der Waals surface area contributed by atoms with Crippen LogP contribution >= 0.6 is 22.6 Å². The van der Waals surface area contributed by atoms with Crippen LogP contribution in [0, 0.1) is 10.5 Å². The molecule has 1 aliphatic heterocycles. The van der Waals surface area contributed by atoms with E-state index in [4.69, 9.17) is 9.47 Å². The average Bonchev–Trinajstić information content (AvgIpc) is 2.89. The van der Waals surface area contributed by atoms with Crippen LogP contribution in [0.1, 0.15) is 18.1 Å². The molecule has 1 heterocycles.